The van der Waals surface area contributed by atoms with Crippen molar-refractivity contribution in [1.29, 1.82) is 0 Å². The predicted octanol–water partition coefficient (Wildman–Crippen LogP) is 4.40. The summed E-state index contributed by atoms with van der Waals surface area (Å²) >= 11 is 3.36. The zero-order valence-electron chi connectivity index (χ0n) is 15.5. The molecule has 3 amide bonds. The minimum atomic E-state index is -0.242. The Balaban J connectivity index is 1.35. The standard InChI is InChI=1S/C23H19BrN2O3/c24-16-7-9-17(10-8-16)25-21(27)15-5-11-18(12-6-15)26-22(28)19-13-1-2-14(4-3-13)20(19)23(26)29/h1-2,5-14,19-20H,3-4H2,(H,25,27). The van der Waals surface area contributed by atoms with E-state index < -0.39 is 0 Å². The maximum atomic E-state index is 13.0. The highest BCUT2D eigenvalue weighted by Crippen LogP contribution is 2.50. The zero-order valence-corrected chi connectivity index (χ0v) is 17.1. The van der Waals surface area contributed by atoms with E-state index in [4.69, 9.17) is 0 Å². The van der Waals surface area contributed by atoms with Crippen LogP contribution in [0.2, 0.25) is 0 Å². The number of benzene rings is 2. The summed E-state index contributed by atoms with van der Waals surface area (Å²) in [5.74, 6) is -0.575. The van der Waals surface area contributed by atoms with Gasteiger partial charge in [-0.25, -0.2) is 0 Å². The SMILES string of the molecule is O=C(Nc1ccc(Br)cc1)c1ccc(N2C(=O)C3C4C=CC(CC4)C3C2=O)cc1. The van der Waals surface area contributed by atoms with E-state index >= 15 is 0 Å². The summed E-state index contributed by atoms with van der Waals surface area (Å²) in [6, 6.07) is 14.0. The first-order valence-electron chi connectivity index (χ1n) is 9.76. The zero-order chi connectivity index (χ0) is 20.1. The van der Waals surface area contributed by atoms with Gasteiger partial charge in [0.2, 0.25) is 11.8 Å². The third-order valence-electron chi connectivity index (χ3n) is 6.25. The number of hydrogen-bond donors (Lipinski definition) is 1. The number of carbonyl (C=O) groups is 3. The van der Waals surface area contributed by atoms with Crippen LogP contribution in [-0.2, 0) is 9.59 Å². The van der Waals surface area contributed by atoms with E-state index in [9.17, 15) is 14.4 Å². The molecule has 4 atom stereocenters. The molecule has 2 aromatic rings. The second-order valence-corrected chi connectivity index (χ2v) is 8.78. The maximum absolute atomic E-state index is 13.0. The molecule has 6 rings (SSSR count). The second kappa shape index (κ2) is 6.95. The van der Waals surface area contributed by atoms with Crippen molar-refractivity contribution in [2.45, 2.75) is 12.8 Å². The molecule has 146 valence electrons. The minimum absolute atomic E-state index is 0.105. The molecule has 5 nitrogen and oxygen atoms in total. The Morgan fingerprint density at radius 2 is 1.41 bits per heavy atom. The molecule has 0 spiro atoms. The predicted molar refractivity (Wildman–Crippen MR) is 113 cm³/mol. The van der Waals surface area contributed by atoms with Crippen LogP contribution in [0.5, 0.6) is 0 Å². The van der Waals surface area contributed by atoms with Gasteiger partial charge in [-0.3, -0.25) is 19.3 Å². The number of fused-ring (bicyclic) bond motifs is 1. The van der Waals surface area contributed by atoms with Gasteiger partial charge in [0.25, 0.3) is 5.91 Å². The summed E-state index contributed by atoms with van der Waals surface area (Å²) in [4.78, 5) is 39.8. The van der Waals surface area contributed by atoms with E-state index in [1.165, 1.54) is 4.90 Å². The lowest BCUT2D eigenvalue weighted by Crippen LogP contribution is -2.38. The molecule has 6 heteroatoms. The van der Waals surface area contributed by atoms with Crippen molar-refractivity contribution in [1.82, 2.24) is 0 Å². The van der Waals surface area contributed by atoms with Crippen LogP contribution in [0.15, 0.2) is 65.2 Å². The van der Waals surface area contributed by atoms with Gasteiger partial charge in [-0.1, -0.05) is 28.1 Å². The molecule has 2 aromatic carbocycles. The fourth-order valence-electron chi connectivity index (χ4n) is 4.83. The molecular formula is C23H19BrN2O3. The lowest BCUT2D eigenvalue weighted by atomic mass is 9.63. The van der Waals surface area contributed by atoms with Crippen LogP contribution in [0.1, 0.15) is 23.2 Å². The Morgan fingerprint density at radius 1 is 0.862 bits per heavy atom. The van der Waals surface area contributed by atoms with Crippen LogP contribution < -0.4 is 10.2 Å². The number of allylic oxidation sites excluding steroid dienone is 2. The Kier molecular flexibility index (Phi) is 4.39. The van der Waals surface area contributed by atoms with E-state index in [0.29, 0.717) is 16.9 Å². The lowest BCUT2D eigenvalue weighted by molar-refractivity contribution is -0.124. The van der Waals surface area contributed by atoms with Crippen LogP contribution >= 0.6 is 15.9 Å². The number of anilines is 2. The van der Waals surface area contributed by atoms with Gasteiger partial charge in [-0.15, -0.1) is 0 Å². The Bertz CT molecular complexity index is 997. The second-order valence-electron chi connectivity index (χ2n) is 7.86. The number of carbonyl (C=O) groups excluding carboxylic acids is 3. The number of nitrogens with one attached hydrogen (secondary N) is 1. The number of halogens is 1. The normalized spacial score (nSPS) is 27.3. The molecule has 0 aromatic heterocycles. The van der Waals surface area contributed by atoms with Gasteiger partial charge >= 0.3 is 0 Å². The summed E-state index contributed by atoms with van der Waals surface area (Å²) in [6.07, 6.45) is 6.17. The molecule has 2 fully saturated rings. The Hall–Kier alpha value is -2.73. The first-order valence-corrected chi connectivity index (χ1v) is 10.6. The van der Waals surface area contributed by atoms with Crippen LogP contribution in [0.3, 0.4) is 0 Å². The highest BCUT2D eigenvalue weighted by atomic mass is 79.9. The summed E-state index contributed by atoms with van der Waals surface area (Å²) < 4.78 is 0.934. The number of hydrogen-bond acceptors (Lipinski definition) is 3. The van der Waals surface area contributed by atoms with Gasteiger partial charge in [0.15, 0.2) is 0 Å². The molecule has 1 N–H and O–H groups in total. The Morgan fingerprint density at radius 3 is 1.93 bits per heavy atom. The average molecular weight is 451 g/mol. The molecule has 1 aliphatic heterocycles. The number of imide groups is 1. The van der Waals surface area contributed by atoms with E-state index in [1.54, 1.807) is 24.3 Å². The number of rotatable bonds is 3. The molecule has 2 bridgehead atoms. The van der Waals surface area contributed by atoms with Crippen molar-refractivity contribution in [3.63, 3.8) is 0 Å². The quantitative estimate of drug-likeness (QED) is 0.556. The highest BCUT2D eigenvalue weighted by molar-refractivity contribution is 9.10. The molecule has 1 saturated heterocycles. The largest absolute Gasteiger partial charge is 0.322 e. The highest BCUT2D eigenvalue weighted by Gasteiger charge is 2.56. The summed E-state index contributed by atoms with van der Waals surface area (Å²) in [5, 5.41) is 2.84. The minimum Gasteiger partial charge on any atom is -0.322 e. The summed E-state index contributed by atoms with van der Waals surface area (Å²) in [7, 11) is 0. The fraction of sp³-hybridized carbons (Fsp3) is 0.261. The van der Waals surface area contributed by atoms with Crippen molar-refractivity contribution >= 4 is 45.0 Å². The molecule has 0 radical (unpaired) electrons. The Labute approximate surface area is 176 Å². The van der Waals surface area contributed by atoms with Crippen LogP contribution in [0.4, 0.5) is 11.4 Å². The van der Waals surface area contributed by atoms with Gasteiger partial charge in [0.05, 0.1) is 17.5 Å². The van der Waals surface area contributed by atoms with Gasteiger partial charge in [0.1, 0.15) is 0 Å². The topological polar surface area (TPSA) is 66.5 Å². The molecule has 1 saturated carbocycles. The van der Waals surface area contributed by atoms with Crippen molar-refractivity contribution in [2.75, 3.05) is 10.2 Å². The molecular weight excluding hydrogens is 432 g/mol. The van der Waals surface area contributed by atoms with Crippen molar-refractivity contribution in [3.8, 4) is 0 Å². The molecule has 3 aliphatic carbocycles. The van der Waals surface area contributed by atoms with E-state index in [1.807, 2.05) is 24.3 Å². The first kappa shape index (κ1) is 18.3. The van der Waals surface area contributed by atoms with Gasteiger partial charge < -0.3 is 5.32 Å². The van der Waals surface area contributed by atoms with E-state index in [0.717, 1.165) is 17.3 Å². The van der Waals surface area contributed by atoms with Gasteiger partial charge in [-0.2, -0.15) is 0 Å². The van der Waals surface area contributed by atoms with Crippen molar-refractivity contribution in [3.05, 3.63) is 70.7 Å². The van der Waals surface area contributed by atoms with E-state index in [2.05, 4.69) is 33.4 Å². The molecule has 4 unspecified atom stereocenters. The van der Waals surface area contributed by atoms with Crippen LogP contribution in [0, 0.1) is 23.7 Å². The van der Waals surface area contributed by atoms with Crippen molar-refractivity contribution in [2.24, 2.45) is 23.7 Å². The molecule has 1 heterocycles. The van der Waals surface area contributed by atoms with Crippen LogP contribution in [0.25, 0.3) is 0 Å². The lowest BCUT2D eigenvalue weighted by Gasteiger charge is -2.38. The number of nitrogens with zero attached hydrogens (tertiary/aromatic N) is 1. The van der Waals surface area contributed by atoms with E-state index in [-0.39, 0.29) is 41.4 Å². The van der Waals surface area contributed by atoms with Crippen molar-refractivity contribution < 1.29 is 14.4 Å². The summed E-state index contributed by atoms with van der Waals surface area (Å²) in [5.41, 5.74) is 1.70. The van der Waals surface area contributed by atoms with Crippen LogP contribution in [-0.4, -0.2) is 17.7 Å². The third-order valence-corrected chi connectivity index (χ3v) is 6.78. The first-order chi connectivity index (χ1) is 14.0. The number of amides is 3. The third kappa shape index (κ3) is 3.02. The molecule has 29 heavy (non-hydrogen) atoms. The smallest absolute Gasteiger partial charge is 0.255 e. The summed E-state index contributed by atoms with van der Waals surface area (Å²) in [6.45, 7) is 0. The maximum Gasteiger partial charge on any atom is 0.255 e. The van der Waals surface area contributed by atoms with Gasteiger partial charge in [-0.05, 0) is 73.2 Å². The molecule has 4 aliphatic rings. The van der Waals surface area contributed by atoms with Gasteiger partial charge in [0, 0.05) is 15.7 Å². The fourth-order valence-corrected chi connectivity index (χ4v) is 5.09. The monoisotopic (exact) mass is 450 g/mol. The average Bonchev–Trinajstić information content (AvgIpc) is 3.03.